The van der Waals surface area contributed by atoms with Gasteiger partial charge in [0, 0.05) is 62.5 Å². The first kappa shape index (κ1) is 32.5. The molecule has 5 aromatic carbocycles. The summed E-state index contributed by atoms with van der Waals surface area (Å²) in [5, 5.41) is 11.0. The van der Waals surface area contributed by atoms with Crippen LogP contribution in [0.3, 0.4) is 0 Å². The van der Waals surface area contributed by atoms with Crippen LogP contribution in [-0.4, -0.2) is 15.0 Å². The molecule has 0 aliphatic rings. The third-order valence-corrected chi connectivity index (χ3v) is 11.2. The molecule has 0 bridgehead atoms. The van der Waals surface area contributed by atoms with Crippen LogP contribution in [0.15, 0.2) is 163 Å². The molecule has 0 unspecified atom stereocenters. The zero-order valence-corrected chi connectivity index (χ0v) is 38.6. The van der Waals surface area contributed by atoms with E-state index < -0.39 is 65.8 Å². The lowest BCUT2D eigenvalue weighted by molar-refractivity contribution is 0.409. The van der Waals surface area contributed by atoms with E-state index in [1.807, 2.05) is 114 Å². The summed E-state index contributed by atoms with van der Waals surface area (Å²) in [5.41, 5.74) is 2.90. The molecule has 4 aromatic heterocycles. The number of pyridine rings is 3. The number of aromatic nitrogens is 3. The number of benzene rings is 5. The van der Waals surface area contributed by atoms with E-state index in [9.17, 15) is 21.7 Å². The summed E-state index contributed by atoms with van der Waals surface area (Å²) < 4.78 is 123. The summed E-state index contributed by atoms with van der Waals surface area (Å²) >= 11 is 0. The van der Waals surface area contributed by atoms with Crippen molar-refractivity contribution in [1.82, 2.24) is 15.0 Å². The number of rotatable bonds is 14. The van der Waals surface area contributed by atoms with E-state index in [0.29, 0.717) is 63.3 Å². The molecule has 0 spiro atoms. The SMILES string of the molecule is [2H]C([2H])(c1ccc(-c2cccc3c2oc2cc(C#N)ccc23)nc1)C([2H])([2H])c1cc(C([2H])([2H])C([2H])([2H])c2cnc(-c3ccccc3)cc2CC(C)(C)C)cc(C([2H])([2H])C([2H])([2H])c2cnc(-c3ccccc3)cc2CC(C)(C)C)c1. The van der Waals surface area contributed by atoms with Gasteiger partial charge in [0.15, 0.2) is 0 Å². The number of hydrogen-bond donors (Lipinski definition) is 0. The highest BCUT2D eigenvalue weighted by atomic mass is 16.3. The molecule has 67 heavy (non-hydrogen) atoms. The van der Waals surface area contributed by atoms with Crippen LogP contribution in [0, 0.1) is 22.2 Å². The van der Waals surface area contributed by atoms with Crippen LogP contribution in [0.4, 0.5) is 0 Å². The van der Waals surface area contributed by atoms with Crippen LogP contribution < -0.4 is 0 Å². The van der Waals surface area contributed by atoms with Crippen molar-refractivity contribution in [3.05, 3.63) is 208 Å². The van der Waals surface area contributed by atoms with E-state index in [-0.39, 0.29) is 16.7 Å². The Kier molecular flexibility index (Phi) is 9.39. The second-order valence-electron chi connectivity index (χ2n) is 19.2. The van der Waals surface area contributed by atoms with E-state index in [1.165, 1.54) is 30.7 Å². The monoisotopic (exact) mass is 889 g/mol. The van der Waals surface area contributed by atoms with Gasteiger partial charge in [-0.1, -0.05) is 139 Å². The number of nitrogens with zero attached hydrogens (tertiary/aromatic N) is 4. The zero-order chi connectivity index (χ0) is 57.3. The quantitative estimate of drug-likeness (QED) is 0.109. The molecule has 9 aromatic rings. The fourth-order valence-electron chi connectivity index (χ4n) is 8.15. The Morgan fingerprint density at radius 3 is 1.51 bits per heavy atom. The van der Waals surface area contributed by atoms with E-state index in [2.05, 4.69) is 21.0 Å². The summed E-state index contributed by atoms with van der Waals surface area (Å²) in [6, 6.07) is 40.7. The molecule has 334 valence electrons. The molecule has 0 fully saturated rings. The van der Waals surface area contributed by atoms with Crippen LogP contribution in [0.2, 0.25) is 0 Å². The first-order valence-corrected chi connectivity index (χ1v) is 22.5. The highest BCUT2D eigenvalue weighted by Gasteiger charge is 2.19. The summed E-state index contributed by atoms with van der Waals surface area (Å²) in [7, 11) is 0. The van der Waals surface area contributed by atoms with Crippen LogP contribution >= 0.6 is 0 Å². The Hall–Kier alpha value is -7.16. The third kappa shape index (κ3) is 11.1. The topological polar surface area (TPSA) is 75.6 Å². The van der Waals surface area contributed by atoms with Gasteiger partial charge in [-0.3, -0.25) is 15.0 Å². The van der Waals surface area contributed by atoms with Gasteiger partial charge in [0.25, 0.3) is 0 Å². The fraction of sp³-hybridized carbons (Fsp3) is 0.258. The van der Waals surface area contributed by atoms with E-state index in [1.54, 1.807) is 36.4 Å². The fourth-order valence-corrected chi connectivity index (χ4v) is 8.15. The Morgan fingerprint density at radius 2 is 1.00 bits per heavy atom. The summed E-state index contributed by atoms with van der Waals surface area (Å²) in [6.07, 6.45) is -13.9. The molecule has 0 aliphatic heterocycles. The number of hydrogen-bond acceptors (Lipinski definition) is 5. The molecular weight excluding hydrogens is 817 g/mol. The summed E-state index contributed by atoms with van der Waals surface area (Å²) in [6.45, 7) is 11.8. The predicted octanol–water partition coefficient (Wildman–Crippen LogP) is 15.2. The van der Waals surface area contributed by atoms with E-state index >= 15 is 0 Å². The van der Waals surface area contributed by atoms with Crippen LogP contribution in [0.1, 0.15) is 108 Å². The van der Waals surface area contributed by atoms with Gasteiger partial charge in [-0.2, -0.15) is 5.26 Å². The number of fused-ring (bicyclic) bond motifs is 3. The minimum Gasteiger partial charge on any atom is -0.455 e. The highest BCUT2D eigenvalue weighted by Crippen LogP contribution is 2.36. The number of para-hydroxylation sites is 1. The molecule has 5 nitrogen and oxygen atoms in total. The average Bonchev–Trinajstić information content (AvgIpc) is 3.87. The molecule has 0 atom stereocenters. The van der Waals surface area contributed by atoms with Gasteiger partial charge in [-0.05, 0) is 149 Å². The highest BCUT2D eigenvalue weighted by molar-refractivity contribution is 6.09. The maximum absolute atomic E-state index is 9.84. The van der Waals surface area contributed by atoms with Gasteiger partial charge in [-0.25, -0.2) is 0 Å². The molecular formula is C62H60N4O. The Balaban J connectivity index is 1.19. The van der Waals surface area contributed by atoms with Crippen LogP contribution in [-0.2, 0) is 51.1 Å². The van der Waals surface area contributed by atoms with Crippen molar-refractivity contribution in [1.29, 1.82) is 5.26 Å². The predicted molar refractivity (Wildman–Crippen MR) is 276 cm³/mol. The van der Waals surface area contributed by atoms with Gasteiger partial charge in [-0.15, -0.1) is 0 Å². The van der Waals surface area contributed by atoms with Crippen molar-refractivity contribution >= 4 is 21.9 Å². The van der Waals surface area contributed by atoms with Crippen molar-refractivity contribution in [2.24, 2.45) is 10.8 Å². The van der Waals surface area contributed by atoms with Gasteiger partial charge >= 0.3 is 0 Å². The second-order valence-corrected chi connectivity index (χ2v) is 19.2. The second kappa shape index (κ2) is 19.4. The Bertz CT molecular complexity index is 3640. The molecule has 0 saturated carbocycles. The summed E-state index contributed by atoms with van der Waals surface area (Å²) in [4.78, 5) is 13.8. The van der Waals surface area contributed by atoms with Crippen molar-refractivity contribution in [2.75, 3.05) is 0 Å². The van der Waals surface area contributed by atoms with Crippen molar-refractivity contribution in [3.8, 4) is 39.8 Å². The maximum atomic E-state index is 9.84. The lowest BCUT2D eigenvalue weighted by atomic mass is 9.84. The van der Waals surface area contributed by atoms with Crippen LogP contribution in [0.5, 0.6) is 0 Å². The smallest absolute Gasteiger partial charge is 0.144 e. The zero-order valence-electron chi connectivity index (χ0n) is 50.6. The average molecular weight is 889 g/mol. The largest absolute Gasteiger partial charge is 0.455 e. The third-order valence-electron chi connectivity index (χ3n) is 11.2. The molecule has 5 heteroatoms. The standard InChI is InChI=1S/C62H60N4O/c1-61(2,3)36-51-34-57(47-14-9-7-10-15-47)65-40-49(51)26-22-44-30-43(31-45(32-44)23-27-50-41-66-58(48-16-11-8-12-17-48)35-52(50)37-62(4,5)6)21-20-42-25-29-56(64-39-42)55-19-13-18-54-53-28-24-46(38-63)33-59(53)67-60(54)55/h7-19,24-25,28-35,39-41H,20-23,26-27,36-37H2,1-6H3/i20D2,21D2,22D2,23D2,26D2,27D2. The van der Waals surface area contributed by atoms with Gasteiger partial charge < -0.3 is 4.42 Å². The Labute approximate surface area is 413 Å². The summed E-state index contributed by atoms with van der Waals surface area (Å²) in [5.74, 6) is 0. The van der Waals surface area contributed by atoms with E-state index in [4.69, 9.17) is 4.42 Å². The van der Waals surface area contributed by atoms with Gasteiger partial charge in [0.1, 0.15) is 11.2 Å². The number of furan rings is 1. The molecule has 0 saturated heterocycles. The minimum atomic E-state index is -3.14. The van der Waals surface area contributed by atoms with Crippen molar-refractivity contribution in [3.63, 3.8) is 0 Å². The molecule has 0 radical (unpaired) electrons. The van der Waals surface area contributed by atoms with Crippen molar-refractivity contribution in [2.45, 2.75) is 92.6 Å². The molecule has 0 aliphatic carbocycles. The Morgan fingerprint density at radius 1 is 0.478 bits per heavy atom. The van der Waals surface area contributed by atoms with Gasteiger partial charge in [0.2, 0.25) is 0 Å². The first-order chi connectivity index (χ1) is 36.9. The molecule has 9 rings (SSSR count). The lowest BCUT2D eigenvalue weighted by Crippen LogP contribution is -2.12. The van der Waals surface area contributed by atoms with Crippen LogP contribution in [0.25, 0.3) is 55.7 Å². The maximum Gasteiger partial charge on any atom is 0.144 e. The number of nitriles is 1. The molecule has 0 amide bonds. The van der Waals surface area contributed by atoms with Gasteiger partial charge in [0.05, 0.1) is 28.7 Å². The van der Waals surface area contributed by atoms with E-state index in [0.717, 1.165) is 40.1 Å². The normalized spacial score (nSPS) is 15.8. The minimum absolute atomic E-state index is 0.0939. The number of aryl methyl sites for hydroxylation is 6. The van der Waals surface area contributed by atoms with Crippen molar-refractivity contribution < 1.29 is 20.9 Å². The molecule has 0 N–H and O–H groups in total. The first-order valence-electron chi connectivity index (χ1n) is 28.5. The molecule has 4 heterocycles. The lowest BCUT2D eigenvalue weighted by Gasteiger charge is -2.21.